The summed E-state index contributed by atoms with van der Waals surface area (Å²) in [5.41, 5.74) is -0.298. The fraction of sp³-hybridized carbons (Fsp3) is 0. The van der Waals surface area contributed by atoms with Crippen LogP contribution >= 0.6 is 0 Å². The topological polar surface area (TPSA) is 84.2 Å². The molecule has 138 valence electrons. The Bertz CT molecular complexity index is 1250. The molecule has 0 spiro atoms. The van der Waals surface area contributed by atoms with E-state index in [1.165, 1.54) is 29.0 Å². The maximum absolute atomic E-state index is 13.4. The number of anilines is 1. The summed E-state index contributed by atoms with van der Waals surface area (Å²) in [5.74, 6) is -1.86. The molecule has 0 saturated carbocycles. The molecule has 0 radical (unpaired) electrons. The quantitative estimate of drug-likeness (QED) is 0.574. The van der Waals surface area contributed by atoms with Crippen molar-refractivity contribution in [2.75, 3.05) is 5.32 Å². The van der Waals surface area contributed by atoms with Crippen molar-refractivity contribution in [3.05, 3.63) is 94.7 Å². The molecule has 0 aliphatic carbocycles. The van der Waals surface area contributed by atoms with Gasteiger partial charge in [0.2, 0.25) is 0 Å². The molecule has 0 saturated heterocycles. The van der Waals surface area contributed by atoms with E-state index < -0.39 is 28.6 Å². The minimum atomic E-state index is -0.844. The number of aromatic hydroxyl groups is 1. The van der Waals surface area contributed by atoms with Crippen molar-refractivity contribution in [2.45, 2.75) is 0 Å². The highest BCUT2D eigenvalue weighted by molar-refractivity contribution is 6.08. The number of pyridine rings is 2. The number of carbonyl (C=O) groups excluding carboxylic acids is 1. The van der Waals surface area contributed by atoms with Gasteiger partial charge in [-0.1, -0.05) is 24.3 Å². The van der Waals surface area contributed by atoms with Crippen LogP contribution in [0.2, 0.25) is 0 Å². The van der Waals surface area contributed by atoms with Crippen molar-refractivity contribution in [3.8, 4) is 11.4 Å². The van der Waals surface area contributed by atoms with Crippen molar-refractivity contribution >= 4 is 22.6 Å². The molecule has 0 bridgehead atoms. The zero-order valence-corrected chi connectivity index (χ0v) is 14.5. The Balaban J connectivity index is 1.94. The molecule has 0 aliphatic rings. The van der Waals surface area contributed by atoms with Gasteiger partial charge in [-0.15, -0.1) is 0 Å². The van der Waals surface area contributed by atoms with Crippen molar-refractivity contribution in [1.82, 2.24) is 9.55 Å². The second kappa shape index (κ2) is 6.96. The molecule has 6 nitrogen and oxygen atoms in total. The number of rotatable bonds is 3. The summed E-state index contributed by atoms with van der Waals surface area (Å²) >= 11 is 0. The van der Waals surface area contributed by atoms with Gasteiger partial charge in [-0.3, -0.25) is 14.2 Å². The summed E-state index contributed by atoms with van der Waals surface area (Å²) < 4.78 is 14.7. The average Bonchev–Trinajstić information content (AvgIpc) is 2.69. The van der Waals surface area contributed by atoms with Crippen LogP contribution in [-0.4, -0.2) is 20.6 Å². The number of nitrogens with zero attached hydrogens (tertiary/aromatic N) is 2. The third-order valence-corrected chi connectivity index (χ3v) is 4.23. The lowest BCUT2D eigenvalue weighted by Gasteiger charge is -2.14. The van der Waals surface area contributed by atoms with Crippen molar-refractivity contribution in [1.29, 1.82) is 0 Å². The third-order valence-electron chi connectivity index (χ3n) is 4.23. The van der Waals surface area contributed by atoms with Crippen LogP contribution in [0.4, 0.5) is 10.1 Å². The summed E-state index contributed by atoms with van der Waals surface area (Å²) in [7, 11) is 0. The van der Waals surface area contributed by atoms with Gasteiger partial charge in [0.1, 0.15) is 17.1 Å². The number of fused-ring (bicyclic) bond motifs is 1. The minimum Gasteiger partial charge on any atom is -0.506 e. The van der Waals surface area contributed by atoms with Crippen LogP contribution in [0.25, 0.3) is 16.7 Å². The van der Waals surface area contributed by atoms with E-state index in [9.17, 15) is 19.1 Å². The molecular weight excluding hydrogens is 361 g/mol. The molecule has 2 aromatic carbocycles. The zero-order valence-electron chi connectivity index (χ0n) is 14.5. The number of nitrogens with one attached hydrogen (secondary N) is 1. The SMILES string of the molecule is O=C(Nc1cccc(F)c1)c1c(O)c2cccnc2n(-c2ccccc2)c1=O. The summed E-state index contributed by atoms with van der Waals surface area (Å²) in [6.07, 6.45) is 1.49. The van der Waals surface area contributed by atoms with E-state index in [1.54, 1.807) is 42.5 Å². The molecule has 4 rings (SSSR count). The minimum absolute atomic E-state index is 0.168. The molecule has 0 unspecified atom stereocenters. The van der Waals surface area contributed by atoms with Gasteiger partial charge in [0, 0.05) is 11.9 Å². The normalized spacial score (nSPS) is 10.8. The van der Waals surface area contributed by atoms with E-state index in [0.29, 0.717) is 5.69 Å². The number of amides is 1. The largest absolute Gasteiger partial charge is 0.506 e. The summed E-state index contributed by atoms with van der Waals surface area (Å²) in [4.78, 5) is 30.1. The fourth-order valence-electron chi connectivity index (χ4n) is 2.99. The number of hydrogen-bond acceptors (Lipinski definition) is 4. The smallest absolute Gasteiger partial charge is 0.273 e. The number of para-hydroxylation sites is 1. The first kappa shape index (κ1) is 17.4. The molecule has 0 aliphatic heterocycles. The molecule has 0 fully saturated rings. The van der Waals surface area contributed by atoms with E-state index in [2.05, 4.69) is 10.3 Å². The summed E-state index contributed by atoms with van der Waals surface area (Å²) in [5, 5.41) is 13.3. The molecular formula is C21H14FN3O3. The lowest BCUT2D eigenvalue weighted by atomic mass is 10.1. The Morgan fingerprint density at radius 3 is 2.57 bits per heavy atom. The number of benzene rings is 2. The lowest BCUT2D eigenvalue weighted by Crippen LogP contribution is -2.29. The molecule has 2 aromatic heterocycles. The van der Waals surface area contributed by atoms with Gasteiger partial charge in [-0.2, -0.15) is 0 Å². The van der Waals surface area contributed by atoms with Gasteiger partial charge in [-0.25, -0.2) is 9.37 Å². The second-order valence-corrected chi connectivity index (χ2v) is 6.04. The van der Waals surface area contributed by atoms with Crippen LogP contribution in [0.15, 0.2) is 77.7 Å². The number of aromatic nitrogens is 2. The van der Waals surface area contributed by atoms with E-state index in [4.69, 9.17) is 0 Å². The molecule has 28 heavy (non-hydrogen) atoms. The van der Waals surface area contributed by atoms with Crippen LogP contribution in [0.3, 0.4) is 0 Å². The van der Waals surface area contributed by atoms with Crippen LogP contribution in [0, 0.1) is 5.82 Å². The van der Waals surface area contributed by atoms with E-state index in [1.807, 2.05) is 0 Å². The predicted molar refractivity (Wildman–Crippen MR) is 103 cm³/mol. The van der Waals surface area contributed by atoms with Gasteiger partial charge in [0.15, 0.2) is 5.65 Å². The van der Waals surface area contributed by atoms with Crippen molar-refractivity contribution in [3.63, 3.8) is 0 Å². The third kappa shape index (κ3) is 2.99. The van der Waals surface area contributed by atoms with Crippen molar-refractivity contribution in [2.24, 2.45) is 0 Å². The van der Waals surface area contributed by atoms with Gasteiger partial charge in [-0.05, 0) is 42.5 Å². The van der Waals surface area contributed by atoms with Crippen molar-refractivity contribution < 1.29 is 14.3 Å². The highest BCUT2D eigenvalue weighted by Gasteiger charge is 2.23. The van der Waals surface area contributed by atoms with E-state index in [-0.39, 0.29) is 16.7 Å². The molecule has 4 aromatic rings. The Morgan fingerprint density at radius 2 is 1.82 bits per heavy atom. The molecule has 0 atom stereocenters. The van der Waals surface area contributed by atoms with Crippen LogP contribution in [0.5, 0.6) is 5.75 Å². The zero-order chi connectivity index (χ0) is 19.7. The Hall–Kier alpha value is -4.00. The average molecular weight is 375 g/mol. The highest BCUT2D eigenvalue weighted by atomic mass is 19.1. The second-order valence-electron chi connectivity index (χ2n) is 6.04. The van der Waals surface area contributed by atoms with Gasteiger partial charge < -0.3 is 10.4 Å². The van der Waals surface area contributed by atoms with Gasteiger partial charge in [0.05, 0.1) is 11.1 Å². The van der Waals surface area contributed by atoms with Gasteiger partial charge in [0.25, 0.3) is 11.5 Å². The van der Waals surface area contributed by atoms with Gasteiger partial charge >= 0.3 is 0 Å². The molecule has 1 amide bonds. The number of carbonyl (C=O) groups is 1. The Morgan fingerprint density at radius 1 is 1.04 bits per heavy atom. The first-order valence-electron chi connectivity index (χ1n) is 8.41. The van der Waals surface area contributed by atoms with E-state index >= 15 is 0 Å². The maximum atomic E-state index is 13.4. The number of halogens is 1. The highest BCUT2D eigenvalue weighted by Crippen LogP contribution is 2.27. The Labute approximate surface area is 158 Å². The molecule has 2 heterocycles. The first-order valence-corrected chi connectivity index (χ1v) is 8.41. The molecule has 2 N–H and O–H groups in total. The first-order chi connectivity index (χ1) is 13.6. The van der Waals surface area contributed by atoms with Crippen LogP contribution in [0.1, 0.15) is 10.4 Å². The van der Waals surface area contributed by atoms with Crippen LogP contribution < -0.4 is 10.9 Å². The number of hydrogen-bond donors (Lipinski definition) is 2. The summed E-state index contributed by atoms with van der Waals surface area (Å²) in [6, 6.07) is 17.1. The molecule has 7 heteroatoms. The maximum Gasteiger partial charge on any atom is 0.273 e. The van der Waals surface area contributed by atoms with E-state index in [0.717, 1.165) is 6.07 Å². The monoisotopic (exact) mass is 375 g/mol. The Kier molecular flexibility index (Phi) is 4.33. The lowest BCUT2D eigenvalue weighted by molar-refractivity contribution is 0.102. The predicted octanol–water partition coefficient (Wildman–Crippen LogP) is 3.48. The fourth-order valence-corrected chi connectivity index (χ4v) is 2.99. The van der Waals surface area contributed by atoms with Crippen LogP contribution in [-0.2, 0) is 0 Å². The summed E-state index contributed by atoms with van der Waals surface area (Å²) in [6.45, 7) is 0. The standard InChI is InChI=1S/C21H14FN3O3/c22-13-6-4-7-14(12-13)24-20(27)17-18(26)16-10-5-11-23-19(16)25(21(17)28)15-8-2-1-3-9-15/h1-12,26H,(H,24,27).